The van der Waals surface area contributed by atoms with Gasteiger partial charge in [0, 0.05) is 30.4 Å². The smallest absolute Gasteiger partial charge is 0.135 e. The highest BCUT2D eigenvalue weighted by molar-refractivity contribution is 5.55. The van der Waals surface area contributed by atoms with Crippen molar-refractivity contribution in [1.29, 1.82) is 0 Å². The summed E-state index contributed by atoms with van der Waals surface area (Å²) < 4.78 is 0. The molecule has 5 heteroatoms. The average Bonchev–Trinajstić information content (AvgIpc) is 2.95. The Balaban J connectivity index is 1.88. The van der Waals surface area contributed by atoms with Crippen LogP contribution in [-0.4, -0.2) is 28.0 Å². The number of aromatic nitrogens is 3. The fourth-order valence-electron chi connectivity index (χ4n) is 2.45. The Kier molecular flexibility index (Phi) is 3.60. The van der Waals surface area contributed by atoms with Crippen LogP contribution < -0.4 is 10.6 Å². The SMILES string of the molecule is Cc1cc(Nc2ncccc2C)nc([C@@H]2CCNC2)n1. The van der Waals surface area contributed by atoms with Crippen molar-refractivity contribution in [2.45, 2.75) is 26.2 Å². The molecule has 0 unspecified atom stereocenters. The zero-order valence-electron chi connectivity index (χ0n) is 11.8. The van der Waals surface area contributed by atoms with Crippen LogP contribution in [0.4, 0.5) is 11.6 Å². The van der Waals surface area contributed by atoms with E-state index in [1.165, 1.54) is 0 Å². The van der Waals surface area contributed by atoms with Crippen LogP contribution in [0.2, 0.25) is 0 Å². The predicted molar refractivity (Wildman–Crippen MR) is 79.3 cm³/mol. The monoisotopic (exact) mass is 269 g/mol. The molecule has 0 spiro atoms. The van der Waals surface area contributed by atoms with Gasteiger partial charge in [-0.05, 0) is 38.4 Å². The number of nitrogens with zero attached hydrogens (tertiary/aromatic N) is 3. The van der Waals surface area contributed by atoms with E-state index in [4.69, 9.17) is 0 Å². The summed E-state index contributed by atoms with van der Waals surface area (Å²) in [6.07, 6.45) is 2.89. The van der Waals surface area contributed by atoms with E-state index in [0.717, 1.165) is 48.2 Å². The quantitative estimate of drug-likeness (QED) is 0.895. The lowest BCUT2D eigenvalue weighted by atomic mass is 10.1. The third-order valence-electron chi connectivity index (χ3n) is 3.55. The first-order valence-corrected chi connectivity index (χ1v) is 6.97. The summed E-state index contributed by atoms with van der Waals surface area (Å²) in [4.78, 5) is 13.6. The van der Waals surface area contributed by atoms with Gasteiger partial charge in [-0.1, -0.05) is 6.07 Å². The van der Waals surface area contributed by atoms with Gasteiger partial charge in [0.2, 0.25) is 0 Å². The van der Waals surface area contributed by atoms with Crippen LogP contribution in [-0.2, 0) is 0 Å². The Morgan fingerprint density at radius 2 is 2.20 bits per heavy atom. The molecule has 2 N–H and O–H groups in total. The van der Waals surface area contributed by atoms with Gasteiger partial charge in [0.15, 0.2) is 0 Å². The van der Waals surface area contributed by atoms with Gasteiger partial charge in [-0.3, -0.25) is 0 Å². The normalized spacial score (nSPS) is 18.2. The van der Waals surface area contributed by atoms with Crippen LogP contribution in [0.1, 0.15) is 29.4 Å². The first-order valence-electron chi connectivity index (χ1n) is 6.97. The minimum Gasteiger partial charge on any atom is -0.325 e. The summed E-state index contributed by atoms with van der Waals surface area (Å²) in [5.41, 5.74) is 2.09. The minimum atomic E-state index is 0.417. The molecular weight excluding hydrogens is 250 g/mol. The van der Waals surface area contributed by atoms with Crippen molar-refractivity contribution < 1.29 is 0 Å². The van der Waals surface area contributed by atoms with E-state index in [9.17, 15) is 0 Å². The molecule has 5 nitrogen and oxygen atoms in total. The van der Waals surface area contributed by atoms with E-state index in [2.05, 4.69) is 25.6 Å². The molecule has 0 amide bonds. The van der Waals surface area contributed by atoms with E-state index >= 15 is 0 Å². The highest BCUT2D eigenvalue weighted by atomic mass is 15.1. The summed E-state index contributed by atoms with van der Waals surface area (Å²) in [5, 5.41) is 6.65. The van der Waals surface area contributed by atoms with E-state index in [-0.39, 0.29) is 0 Å². The number of hydrogen-bond acceptors (Lipinski definition) is 5. The molecule has 104 valence electrons. The maximum Gasteiger partial charge on any atom is 0.135 e. The van der Waals surface area contributed by atoms with Crippen molar-refractivity contribution in [3.63, 3.8) is 0 Å². The molecule has 0 radical (unpaired) electrons. The molecule has 1 fully saturated rings. The Morgan fingerprint density at radius 3 is 2.95 bits per heavy atom. The van der Waals surface area contributed by atoms with Gasteiger partial charge in [-0.15, -0.1) is 0 Å². The molecule has 20 heavy (non-hydrogen) atoms. The van der Waals surface area contributed by atoms with E-state index < -0.39 is 0 Å². The highest BCUT2D eigenvalue weighted by Gasteiger charge is 2.20. The highest BCUT2D eigenvalue weighted by Crippen LogP contribution is 2.22. The van der Waals surface area contributed by atoms with Gasteiger partial charge in [0.05, 0.1) is 0 Å². The molecule has 0 aromatic carbocycles. The second-order valence-corrected chi connectivity index (χ2v) is 5.24. The molecule has 1 aliphatic rings. The third kappa shape index (κ3) is 2.77. The lowest BCUT2D eigenvalue weighted by Gasteiger charge is -2.12. The second kappa shape index (κ2) is 5.54. The van der Waals surface area contributed by atoms with Gasteiger partial charge >= 0.3 is 0 Å². The maximum absolute atomic E-state index is 4.65. The van der Waals surface area contributed by atoms with Crippen LogP contribution in [0, 0.1) is 13.8 Å². The van der Waals surface area contributed by atoms with Crippen molar-refractivity contribution in [3.05, 3.63) is 41.5 Å². The Hall–Kier alpha value is -2.01. The molecule has 0 aliphatic carbocycles. The molecule has 0 bridgehead atoms. The number of pyridine rings is 1. The molecule has 1 atom stereocenters. The number of aryl methyl sites for hydroxylation is 2. The number of nitrogens with one attached hydrogen (secondary N) is 2. The molecule has 1 saturated heterocycles. The fraction of sp³-hybridized carbons (Fsp3) is 0.400. The molecule has 2 aromatic heterocycles. The Bertz CT molecular complexity index is 605. The van der Waals surface area contributed by atoms with Crippen LogP contribution >= 0.6 is 0 Å². The van der Waals surface area contributed by atoms with Crippen molar-refractivity contribution in [2.75, 3.05) is 18.4 Å². The molecule has 3 heterocycles. The van der Waals surface area contributed by atoms with Crippen molar-refractivity contribution in [3.8, 4) is 0 Å². The Labute approximate surface area is 118 Å². The Morgan fingerprint density at radius 1 is 1.30 bits per heavy atom. The van der Waals surface area contributed by atoms with Gasteiger partial charge in [-0.25, -0.2) is 15.0 Å². The lowest BCUT2D eigenvalue weighted by molar-refractivity contribution is 0.698. The zero-order chi connectivity index (χ0) is 13.9. The fourth-order valence-corrected chi connectivity index (χ4v) is 2.45. The molecule has 2 aromatic rings. The van der Waals surface area contributed by atoms with E-state index in [1.807, 2.05) is 32.0 Å². The summed E-state index contributed by atoms with van der Waals surface area (Å²) in [5.74, 6) is 3.01. The summed E-state index contributed by atoms with van der Waals surface area (Å²) >= 11 is 0. The molecular formula is C15H19N5. The van der Waals surface area contributed by atoms with Crippen molar-refractivity contribution in [2.24, 2.45) is 0 Å². The van der Waals surface area contributed by atoms with Crippen LogP contribution in [0.5, 0.6) is 0 Å². The lowest BCUT2D eigenvalue weighted by Crippen LogP contribution is -2.11. The average molecular weight is 269 g/mol. The number of hydrogen-bond donors (Lipinski definition) is 2. The van der Waals surface area contributed by atoms with Gasteiger partial charge in [0.1, 0.15) is 17.5 Å². The zero-order valence-corrected chi connectivity index (χ0v) is 11.8. The maximum atomic E-state index is 4.65. The first-order chi connectivity index (χ1) is 9.72. The first kappa shape index (κ1) is 13.0. The molecule has 1 aliphatic heterocycles. The minimum absolute atomic E-state index is 0.417. The summed E-state index contributed by atoms with van der Waals surface area (Å²) in [6, 6.07) is 5.92. The summed E-state index contributed by atoms with van der Waals surface area (Å²) in [7, 11) is 0. The molecule has 3 rings (SSSR count). The van der Waals surface area contributed by atoms with Crippen molar-refractivity contribution >= 4 is 11.6 Å². The van der Waals surface area contributed by atoms with Crippen molar-refractivity contribution in [1.82, 2.24) is 20.3 Å². The standard InChI is InChI=1S/C15H19N5/c1-10-4-3-6-17-14(10)19-13-8-11(2)18-15(20-13)12-5-7-16-9-12/h3-4,6,8,12,16H,5,7,9H2,1-2H3,(H,17,18,19,20)/t12-/m1/s1. The van der Waals surface area contributed by atoms with Crippen LogP contribution in [0.3, 0.4) is 0 Å². The van der Waals surface area contributed by atoms with Gasteiger partial charge in [0.25, 0.3) is 0 Å². The largest absolute Gasteiger partial charge is 0.325 e. The predicted octanol–water partition coefficient (Wildman–Crippen LogP) is 2.31. The van der Waals surface area contributed by atoms with E-state index in [1.54, 1.807) is 6.20 Å². The van der Waals surface area contributed by atoms with E-state index in [0.29, 0.717) is 5.92 Å². The summed E-state index contributed by atoms with van der Waals surface area (Å²) in [6.45, 7) is 6.05. The number of rotatable bonds is 3. The third-order valence-corrected chi connectivity index (χ3v) is 3.55. The topological polar surface area (TPSA) is 62.7 Å². The second-order valence-electron chi connectivity index (χ2n) is 5.24. The van der Waals surface area contributed by atoms with Crippen LogP contribution in [0.15, 0.2) is 24.4 Å². The molecule has 0 saturated carbocycles. The van der Waals surface area contributed by atoms with Crippen LogP contribution in [0.25, 0.3) is 0 Å². The van der Waals surface area contributed by atoms with Gasteiger partial charge < -0.3 is 10.6 Å². The number of anilines is 2. The van der Waals surface area contributed by atoms with Gasteiger partial charge in [-0.2, -0.15) is 0 Å².